The summed E-state index contributed by atoms with van der Waals surface area (Å²) < 4.78 is 19.6. The molecule has 24 heavy (non-hydrogen) atoms. The highest BCUT2D eigenvalue weighted by atomic mass is 35.5. The summed E-state index contributed by atoms with van der Waals surface area (Å²) in [4.78, 5) is 15.8. The molecule has 8 heteroatoms. The molecule has 0 unspecified atom stereocenters. The standard InChI is InChI=1S/C16H22ClFN4O2/c1-16(2,3)24-15(23)21-8-11(18)7-12(9-21)22-5-4-10-6-13(17)19-20-14(10)22/h6,11-12H,4-5,7-9H2,1-3H3/t11-,12-/m1/s1. The summed E-state index contributed by atoms with van der Waals surface area (Å²) in [7, 11) is 0. The maximum Gasteiger partial charge on any atom is 0.410 e. The van der Waals surface area contributed by atoms with E-state index in [1.54, 1.807) is 26.8 Å². The molecule has 0 saturated carbocycles. The highest BCUT2D eigenvalue weighted by Gasteiger charge is 2.37. The number of alkyl halides is 1. The number of hydrogen-bond acceptors (Lipinski definition) is 5. The largest absolute Gasteiger partial charge is 0.444 e. The van der Waals surface area contributed by atoms with E-state index in [-0.39, 0.29) is 12.6 Å². The Balaban J connectivity index is 1.74. The normalized spacial score (nSPS) is 24.0. The van der Waals surface area contributed by atoms with Crippen molar-refractivity contribution in [3.05, 3.63) is 16.8 Å². The van der Waals surface area contributed by atoms with Crippen LogP contribution in [0.2, 0.25) is 5.15 Å². The number of piperidine rings is 1. The van der Waals surface area contributed by atoms with Crippen LogP contribution in [0.1, 0.15) is 32.8 Å². The zero-order valence-electron chi connectivity index (χ0n) is 14.1. The number of hydrogen-bond donors (Lipinski definition) is 0. The summed E-state index contributed by atoms with van der Waals surface area (Å²) in [5.74, 6) is 0.739. The topological polar surface area (TPSA) is 58.6 Å². The molecule has 2 atom stereocenters. The molecule has 0 radical (unpaired) electrons. The van der Waals surface area contributed by atoms with Crippen molar-refractivity contribution >= 4 is 23.5 Å². The molecule has 132 valence electrons. The molecule has 3 heterocycles. The number of amides is 1. The first-order valence-electron chi connectivity index (χ1n) is 8.13. The summed E-state index contributed by atoms with van der Waals surface area (Å²) >= 11 is 5.88. The Bertz CT molecular complexity index is 637. The number of likely N-dealkylation sites (tertiary alicyclic amines) is 1. The number of ether oxygens (including phenoxy) is 1. The lowest BCUT2D eigenvalue weighted by molar-refractivity contribution is 0.0111. The maximum atomic E-state index is 14.2. The van der Waals surface area contributed by atoms with Gasteiger partial charge in [-0.1, -0.05) is 11.6 Å². The van der Waals surface area contributed by atoms with E-state index in [4.69, 9.17) is 16.3 Å². The van der Waals surface area contributed by atoms with Crippen molar-refractivity contribution in [3.63, 3.8) is 0 Å². The molecule has 1 fully saturated rings. The van der Waals surface area contributed by atoms with Gasteiger partial charge in [-0.05, 0) is 33.3 Å². The monoisotopic (exact) mass is 356 g/mol. The van der Waals surface area contributed by atoms with Gasteiger partial charge in [-0.25, -0.2) is 9.18 Å². The van der Waals surface area contributed by atoms with Crippen LogP contribution in [0.3, 0.4) is 0 Å². The van der Waals surface area contributed by atoms with Crippen LogP contribution in [-0.2, 0) is 11.2 Å². The first kappa shape index (κ1) is 17.2. The minimum atomic E-state index is -1.08. The summed E-state index contributed by atoms with van der Waals surface area (Å²) in [6, 6.07) is 1.66. The first-order chi connectivity index (χ1) is 11.2. The minimum Gasteiger partial charge on any atom is -0.444 e. The van der Waals surface area contributed by atoms with Crippen molar-refractivity contribution in [2.75, 3.05) is 24.5 Å². The van der Waals surface area contributed by atoms with Gasteiger partial charge in [0.25, 0.3) is 0 Å². The number of halogens is 2. The molecule has 0 aliphatic carbocycles. The van der Waals surface area contributed by atoms with Gasteiger partial charge in [0, 0.05) is 25.1 Å². The third-order valence-electron chi connectivity index (χ3n) is 4.18. The maximum absolute atomic E-state index is 14.2. The SMILES string of the molecule is CC(C)(C)OC(=O)N1C[C@H](F)C[C@@H](N2CCc3cc(Cl)nnc32)C1. The fourth-order valence-electron chi connectivity index (χ4n) is 3.24. The van der Waals surface area contributed by atoms with Gasteiger partial charge in [0.15, 0.2) is 11.0 Å². The number of fused-ring (bicyclic) bond motifs is 1. The van der Waals surface area contributed by atoms with Gasteiger partial charge in [-0.2, -0.15) is 0 Å². The Labute approximate surface area is 145 Å². The molecule has 0 bridgehead atoms. The minimum absolute atomic E-state index is 0.0679. The molecule has 3 rings (SSSR count). The van der Waals surface area contributed by atoms with Crippen LogP contribution in [0.15, 0.2) is 6.07 Å². The third-order valence-corrected chi connectivity index (χ3v) is 4.37. The first-order valence-corrected chi connectivity index (χ1v) is 8.51. The molecular formula is C16H22ClFN4O2. The lowest BCUT2D eigenvalue weighted by Crippen LogP contribution is -2.54. The van der Waals surface area contributed by atoms with Gasteiger partial charge in [-0.3, -0.25) is 0 Å². The molecule has 2 aliphatic rings. The molecule has 0 spiro atoms. The lowest BCUT2D eigenvalue weighted by Gasteiger charge is -2.40. The molecular weight excluding hydrogens is 335 g/mol. The van der Waals surface area contributed by atoms with E-state index in [9.17, 15) is 9.18 Å². The van der Waals surface area contributed by atoms with Crippen molar-refractivity contribution in [2.45, 2.75) is 51.4 Å². The summed E-state index contributed by atoms with van der Waals surface area (Å²) in [5, 5.41) is 8.41. The molecule has 0 aromatic carbocycles. The van der Waals surface area contributed by atoms with Crippen LogP contribution in [0, 0.1) is 0 Å². The Morgan fingerprint density at radius 1 is 1.38 bits per heavy atom. The fraction of sp³-hybridized carbons (Fsp3) is 0.688. The second-order valence-electron chi connectivity index (χ2n) is 7.33. The molecule has 1 saturated heterocycles. The second-order valence-corrected chi connectivity index (χ2v) is 7.72. The van der Waals surface area contributed by atoms with Crippen molar-refractivity contribution in [1.29, 1.82) is 0 Å². The van der Waals surface area contributed by atoms with Gasteiger partial charge in [-0.15, -0.1) is 10.2 Å². The van der Waals surface area contributed by atoms with E-state index in [2.05, 4.69) is 10.2 Å². The van der Waals surface area contributed by atoms with E-state index < -0.39 is 17.9 Å². The van der Waals surface area contributed by atoms with Gasteiger partial charge < -0.3 is 14.5 Å². The van der Waals surface area contributed by atoms with E-state index >= 15 is 0 Å². The van der Waals surface area contributed by atoms with E-state index in [0.29, 0.717) is 18.1 Å². The number of aromatic nitrogens is 2. The number of carbonyl (C=O) groups is 1. The second kappa shape index (κ2) is 6.35. The highest BCUT2D eigenvalue weighted by molar-refractivity contribution is 6.29. The lowest BCUT2D eigenvalue weighted by atomic mass is 10.0. The predicted octanol–water partition coefficient (Wildman–Crippen LogP) is 2.84. The van der Waals surface area contributed by atoms with Crippen LogP contribution < -0.4 is 4.90 Å². The molecule has 6 nitrogen and oxygen atoms in total. The smallest absolute Gasteiger partial charge is 0.410 e. The Hall–Kier alpha value is -1.63. The average molecular weight is 357 g/mol. The zero-order chi connectivity index (χ0) is 17.5. The summed E-state index contributed by atoms with van der Waals surface area (Å²) in [6.07, 6.45) is -0.398. The van der Waals surface area contributed by atoms with Crippen LogP contribution in [0.25, 0.3) is 0 Å². The van der Waals surface area contributed by atoms with Gasteiger partial charge in [0.05, 0.1) is 12.6 Å². The number of anilines is 1. The quantitative estimate of drug-likeness (QED) is 0.774. The molecule has 1 amide bonds. The van der Waals surface area contributed by atoms with Crippen LogP contribution in [0.4, 0.5) is 15.0 Å². The van der Waals surface area contributed by atoms with Crippen molar-refractivity contribution in [3.8, 4) is 0 Å². The fourth-order valence-corrected chi connectivity index (χ4v) is 3.41. The molecule has 1 aromatic rings. The highest BCUT2D eigenvalue weighted by Crippen LogP contribution is 2.31. The molecule has 1 aromatic heterocycles. The zero-order valence-corrected chi connectivity index (χ0v) is 14.9. The summed E-state index contributed by atoms with van der Waals surface area (Å²) in [5.41, 5.74) is 0.415. The van der Waals surface area contributed by atoms with Crippen LogP contribution in [-0.4, -0.2) is 58.6 Å². The van der Waals surface area contributed by atoms with E-state index in [0.717, 1.165) is 24.3 Å². The number of rotatable bonds is 1. The van der Waals surface area contributed by atoms with Gasteiger partial charge in [0.2, 0.25) is 0 Å². The van der Waals surface area contributed by atoms with Gasteiger partial charge in [0.1, 0.15) is 11.8 Å². The van der Waals surface area contributed by atoms with Gasteiger partial charge >= 0.3 is 6.09 Å². The number of nitrogens with zero attached hydrogens (tertiary/aromatic N) is 4. The van der Waals surface area contributed by atoms with E-state index in [1.165, 1.54) is 4.90 Å². The van der Waals surface area contributed by atoms with E-state index in [1.807, 2.05) is 4.90 Å². The van der Waals surface area contributed by atoms with Crippen molar-refractivity contribution in [2.24, 2.45) is 0 Å². The Morgan fingerprint density at radius 3 is 2.83 bits per heavy atom. The average Bonchev–Trinajstić information content (AvgIpc) is 2.87. The van der Waals surface area contributed by atoms with Crippen molar-refractivity contribution in [1.82, 2.24) is 15.1 Å². The number of carbonyl (C=O) groups excluding carboxylic acids is 1. The molecule has 2 aliphatic heterocycles. The Morgan fingerprint density at radius 2 is 2.12 bits per heavy atom. The third kappa shape index (κ3) is 3.71. The van der Waals surface area contributed by atoms with Crippen LogP contribution in [0.5, 0.6) is 0 Å². The predicted molar refractivity (Wildman–Crippen MR) is 89.2 cm³/mol. The molecule has 0 N–H and O–H groups in total. The van der Waals surface area contributed by atoms with Crippen molar-refractivity contribution < 1.29 is 13.9 Å². The van der Waals surface area contributed by atoms with Crippen LogP contribution >= 0.6 is 11.6 Å². The summed E-state index contributed by atoms with van der Waals surface area (Å²) in [6.45, 7) is 6.61. The Kier molecular flexibility index (Phi) is 4.55.